The lowest BCUT2D eigenvalue weighted by Crippen LogP contribution is -2.16. The lowest BCUT2D eigenvalue weighted by molar-refractivity contribution is 0.200. The van der Waals surface area contributed by atoms with Gasteiger partial charge in [0.25, 0.3) is 0 Å². The fraction of sp³-hybridized carbons (Fsp3) is 1.00. The first-order valence-electron chi connectivity index (χ1n) is 1.77. The molecule has 0 aromatic carbocycles. The molecule has 6 heavy (non-hydrogen) atoms. The molecule has 0 aliphatic rings. The highest BCUT2D eigenvalue weighted by Crippen LogP contribution is 1.87. The second-order valence-corrected chi connectivity index (χ2v) is 1.98. The molecule has 0 saturated carbocycles. The van der Waals surface area contributed by atoms with Crippen molar-refractivity contribution in [2.75, 3.05) is 13.7 Å². The SMILES string of the molecule is COCC(N)P. The summed E-state index contributed by atoms with van der Waals surface area (Å²) in [6, 6.07) is 0. The van der Waals surface area contributed by atoms with Gasteiger partial charge in [-0.25, -0.2) is 0 Å². The lowest BCUT2D eigenvalue weighted by Gasteiger charge is -1.98. The van der Waals surface area contributed by atoms with E-state index in [-0.39, 0.29) is 5.78 Å². The van der Waals surface area contributed by atoms with Crippen LogP contribution in [0.2, 0.25) is 0 Å². The summed E-state index contributed by atoms with van der Waals surface area (Å²) < 4.78 is 4.66. The number of hydrogen-bond acceptors (Lipinski definition) is 2. The highest BCUT2D eigenvalue weighted by Gasteiger charge is 1.85. The number of hydrogen-bond donors (Lipinski definition) is 1. The van der Waals surface area contributed by atoms with Crippen molar-refractivity contribution in [2.24, 2.45) is 5.73 Å². The molecule has 0 saturated heterocycles. The second-order valence-electron chi connectivity index (χ2n) is 1.12. The van der Waals surface area contributed by atoms with E-state index in [1.165, 1.54) is 0 Å². The average Bonchev–Trinajstić information content (AvgIpc) is 1.35. The first kappa shape index (κ1) is 6.35. The van der Waals surface area contributed by atoms with Crippen LogP contribution in [-0.2, 0) is 4.74 Å². The second kappa shape index (κ2) is 3.54. The zero-order chi connectivity index (χ0) is 4.99. The normalized spacial score (nSPS) is 14.5. The standard InChI is InChI=1S/C3H10NOP/c1-5-2-3(4)6/h3H,2,4,6H2,1H3. The summed E-state index contributed by atoms with van der Waals surface area (Å²) in [5.41, 5.74) is 5.24. The molecular formula is C3H10NOP. The van der Waals surface area contributed by atoms with E-state index in [2.05, 4.69) is 14.0 Å². The van der Waals surface area contributed by atoms with E-state index in [0.29, 0.717) is 6.61 Å². The first-order valence-corrected chi connectivity index (χ1v) is 2.44. The smallest absolute Gasteiger partial charge is 0.0648 e. The van der Waals surface area contributed by atoms with Crippen LogP contribution < -0.4 is 5.73 Å². The maximum atomic E-state index is 5.24. The zero-order valence-corrected chi connectivity index (χ0v) is 5.00. The quantitative estimate of drug-likeness (QED) is 0.495. The van der Waals surface area contributed by atoms with Crippen molar-refractivity contribution < 1.29 is 4.74 Å². The Morgan fingerprint density at radius 3 is 2.50 bits per heavy atom. The molecule has 2 atom stereocenters. The van der Waals surface area contributed by atoms with Gasteiger partial charge in [0.2, 0.25) is 0 Å². The molecule has 2 unspecified atom stereocenters. The maximum Gasteiger partial charge on any atom is 0.0648 e. The topological polar surface area (TPSA) is 35.2 Å². The van der Waals surface area contributed by atoms with E-state index < -0.39 is 0 Å². The van der Waals surface area contributed by atoms with Gasteiger partial charge in [-0.05, 0) is 0 Å². The number of methoxy groups -OCH3 is 1. The fourth-order valence-corrected chi connectivity index (χ4v) is 0.385. The van der Waals surface area contributed by atoms with Gasteiger partial charge >= 0.3 is 0 Å². The monoisotopic (exact) mass is 107 g/mol. The molecule has 0 fully saturated rings. The van der Waals surface area contributed by atoms with Crippen molar-refractivity contribution in [2.45, 2.75) is 5.78 Å². The van der Waals surface area contributed by atoms with E-state index in [4.69, 9.17) is 5.73 Å². The number of ether oxygens (including phenoxy) is 1. The van der Waals surface area contributed by atoms with Crippen molar-refractivity contribution in [1.82, 2.24) is 0 Å². The summed E-state index contributed by atoms with van der Waals surface area (Å²) >= 11 is 0. The van der Waals surface area contributed by atoms with E-state index in [9.17, 15) is 0 Å². The molecule has 0 heterocycles. The summed E-state index contributed by atoms with van der Waals surface area (Å²) in [6.45, 7) is 0.616. The van der Waals surface area contributed by atoms with Crippen LogP contribution in [0.25, 0.3) is 0 Å². The summed E-state index contributed by atoms with van der Waals surface area (Å²) in [6.07, 6.45) is 0. The van der Waals surface area contributed by atoms with Crippen LogP contribution in [0.1, 0.15) is 0 Å². The Hall–Kier alpha value is 0.350. The van der Waals surface area contributed by atoms with Crippen molar-refractivity contribution in [3.8, 4) is 0 Å². The molecule has 0 aromatic heterocycles. The molecule has 38 valence electrons. The highest BCUT2D eigenvalue weighted by molar-refractivity contribution is 7.17. The summed E-state index contributed by atoms with van der Waals surface area (Å²) in [4.78, 5) is 0. The lowest BCUT2D eigenvalue weighted by atomic mass is 10.7. The van der Waals surface area contributed by atoms with Gasteiger partial charge in [-0.15, -0.1) is 9.24 Å². The van der Waals surface area contributed by atoms with Crippen LogP contribution in [0.5, 0.6) is 0 Å². The van der Waals surface area contributed by atoms with Crippen molar-refractivity contribution in [3.63, 3.8) is 0 Å². The third-order valence-electron chi connectivity index (χ3n) is 0.359. The molecule has 0 radical (unpaired) electrons. The molecule has 0 aliphatic carbocycles. The Morgan fingerprint density at radius 1 is 2.00 bits per heavy atom. The van der Waals surface area contributed by atoms with E-state index >= 15 is 0 Å². The fourth-order valence-electron chi connectivity index (χ4n) is 0.192. The minimum absolute atomic E-state index is 0.0926. The van der Waals surface area contributed by atoms with Gasteiger partial charge < -0.3 is 10.5 Å². The molecule has 0 spiro atoms. The number of nitrogens with two attached hydrogens (primary N) is 1. The van der Waals surface area contributed by atoms with Gasteiger partial charge in [0.05, 0.1) is 6.61 Å². The van der Waals surface area contributed by atoms with Gasteiger partial charge in [-0.2, -0.15) is 0 Å². The number of rotatable bonds is 2. The molecule has 0 amide bonds. The largest absolute Gasteiger partial charge is 0.383 e. The minimum atomic E-state index is 0.0926. The first-order chi connectivity index (χ1) is 2.77. The van der Waals surface area contributed by atoms with Gasteiger partial charge in [0.1, 0.15) is 0 Å². The molecule has 0 aliphatic heterocycles. The van der Waals surface area contributed by atoms with Gasteiger partial charge in [0, 0.05) is 12.9 Å². The molecular weight excluding hydrogens is 97.0 g/mol. The van der Waals surface area contributed by atoms with Crippen LogP contribution in [0, 0.1) is 0 Å². The van der Waals surface area contributed by atoms with Crippen molar-refractivity contribution >= 4 is 9.24 Å². The molecule has 2 nitrogen and oxygen atoms in total. The van der Waals surface area contributed by atoms with Crippen LogP contribution in [0.3, 0.4) is 0 Å². The molecule has 3 heteroatoms. The maximum absolute atomic E-state index is 5.24. The van der Waals surface area contributed by atoms with Crippen molar-refractivity contribution in [3.05, 3.63) is 0 Å². The Bertz CT molecular complexity index is 32.0. The van der Waals surface area contributed by atoms with Crippen LogP contribution in [-0.4, -0.2) is 19.5 Å². The zero-order valence-electron chi connectivity index (χ0n) is 3.85. The van der Waals surface area contributed by atoms with Gasteiger partial charge in [-0.3, -0.25) is 0 Å². The predicted molar refractivity (Wildman–Crippen MR) is 29.6 cm³/mol. The third kappa shape index (κ3) is 4.35. The summed E-state index contributed by atoms with van der Waals surface area (Å²) in [7, 11) is 4.06. The Morgan fingerprint density at radius 2 is 2.50 bits per heavy atom. The molecule has 0 rings (SSSR count). The van der Waals surface area contributed by atoms with Gasteiger partial charge in [0.15, 0.2) is 0 Å². The minimum Gasteiger partial charge on any atom is -0.383 e. The van der Waals surface area contributed by atoms with Crippen LogP contribution in [0.15, 0.2) is 0 Å². The van der Waals surface area contributed by atoms with Gasteiger partial charge in [-0.1, -0.05) is 0 Å². The van der Waals surface area contributed by atoms with Crippen molar-refractivity contribution in [1.29, 1.82) is 0 Å². The molecule has 0 bridgehead atoms. The Kier molecular flexibility index (Phi) is 3.74. The third-order valence-corrected chi connectivity index (χ3v) is 0.552. The van der Waals surface area contributed by atoms with Crippen LogP contribution >= 0.6 is 9.24 Å². The van der Waals surface area contributed by atoms with E-state index in [0.717, 1.165) is 0 Å². The highest BCUT2D eigenvalue weighted by atomic mass is 31.0. The van der Waals surface area contributed by atoms with E-state index in [1.807, 2.05) is 0 Å². The molecule has 2 N–H and O–H groups in total. The summed E-state index contributed by atoms with van der Waals surface area (Å²) in [5, 5.41) is 0. The molecule has 0 aromatic rings. The summed E-state index contributed by atoms with van der Waals surface area (Å²) in [5.74, 6) is 0.0926. The van der Waals surface area contributed by atoms with Crippen LogP contribution in [0.4, 0.5) is 0 Å². The average molecular weight is 107 g/mol. The van der Waals surface area contributed by atoms with E-state index in [1.54, 1.807) is 7.11 Å². The predicted octanol–water partition coefficient (Wildman–Crippen LogP) is -0.207. The Labute approximate surface area is 40.3 Å². The Balaban J connectivity index is 2.63.